The molecule has 0 aliphatic carbocycles. The van der Waals surface area contributed by atoms with Crippen LogP contribution in [0.2, 0.25) is 0 Å². The highest BCUT2D eigenvalue weighted by Crippen LogP contribution is 2.30. The predicted octanol–water partition coefficient (Wildman–Crippen LogP) is 2.73. The molecular formula is C19H17N5O. The Kier molecular flexibility index (Phi) is 4.15. The highest BCUT2D eigenvalue weighted by Gasteiger charge is 2.29. The lowest BCUT2D eigenvalue weighted by Crippen LogP contribution is -2.23. The number of aromatic nitrogens is 3. The van der Waals surface area contributed by atoms with Crippen molar-refractivity contribution in [2.75, 3.05) is 18.1 Å². The van der Waals surface area contributed by atoms with E-state index < -0.39 is 0 Å². The number of ether oxygens (including phenoxy) is 1. The summed E-state index contributed by atoms with van der Waals surface area (Å²) in [7, 11) is 0. The quantitative estimate of drug-likeness (QED) is 0.735. The molecule has 0 amide bonds. The second-order valence-electron chi connectivity index (χ2n) is 5.91. The van der Waals surface area contributed by atoms with Crippen molar-refractivity contribution in [2.45, 2.75) is 12.8 Å². The molecule has 2 heterocycles. The van der Waals surface area contributed by atoms with E-state index in [9.17, 15) is 0 Å². The summed E-state index contributed by atoms with van der Waals surface area (Å²) in [6.07, 6.45) is 1.69. The number of anilines is 1. The molecule has 0 N–H and O–H groups in total. The van der Waals surface area contributed by atoms with Gasteiger partial charge in [-0.05, 0) is 29.8 Å². The Morgan fingerprint density at radius 3 is 2.88 bits per heavy atom. The minimum absolute atomic E-state index is 0.221. The van der Waals surface area contributed by atoms with Crippen LogP contribution in [0.3, 0.4) is 0 Å². The van der Waals surface area contributed by atoms with E-state index in [4.69, 9.17) is 10.00 Å². The minimum atomic E-state index is -0.221. The van der Waals surface area contributed by atoms with Gasteiger partial charge in [0.15, 0.2) is 6.23 Å². The van der Waals surface area contributed by atoms with Crippen LogP contribution in [0.5, 0.6) is 0 Å². The van der Waals surface area contributed by atoms with Crippen LogP contribution in [0.4, 0.5) is 5.69 Å². The zero-order chi connectivity index (χ0) is 17.1. The Labute approximate surface area is 145 Å². The maximum Gasteiger partial charge on any atom is 0.177 e. The lowest BCUT2D eigenvalue weighted by molar-refractivity contribution is 0.110. The van der Waals surface area contributed by atoms with E-state index in [2.05, 4.69) is 33.4 Å². The van der Waals surface area contributed by atoms with Gasteiger partial charge in [0.05, 0.1) is 31.0 Å². The number of para-hydroxylation sites is 1. The third-order valence-corrected chi connectivity index (χ3v) is 4.19. The van der Waals surface area contributed by atoms with Crippen LogP contribution in [0.15, 0.2) is 60.8 Å². The first-order valence-corrected chi connectivity index (χ1v) is 8.16. The van der Waals surface area contributed by atoms with E-state index in [1.54, 1.807) is 10.7 Å². The molecule has 1 aliphatic rings. The molecule has 2 aromatic carbocycles. The molecule has 1 unspecified atom stereocenters. The average Bonchev–Trinajstić information content (AvgIpc) is 3.32. The van der Waals surface area contributed by atoms with Gasteiger partial charge >= 0.3 is 0 Å². The van der Waals surface area contributed by atoms with Crippen molar-refractivity contribution in [1.29, 1.82) is 5.26 Å². The van der Waals surface area contributed by atoms with Crippen molar-refractivity contribution in [3.05, 3.63) is 77.6 Å². The van der Waals surface area contributed by atoms with Crippen LogP contribution in [0.1, 0.15) is 23.0 Å². The molecular weight excluding hydrogens is 314 g/mol. The van der Waals surface area contributed by atoms with Crippen molar-refractivity contribution < 1.29 is 4.74 Å². The van der Waals surface area contributed by atoms with Crippen molar-refractivity contribution >= 4 is 5.69 Å². The summed E-state index contributed by atoms with van der Waals surface area (Å²) in [4.78, 5) is 2.19. The van der Waals surface area contributed by atoms with E-state index >= 15 is 0 Å². The van der Waals surface area contributed by atoms with Gasteiger partial charge in [-0.15, -0.1) is 5.10 Å². The monoisotopic (exact) mass is 331 g/mol. The van der Waals surface area contributed by atoms with Crippen LogP contribution in [-0.4, -0.2) is 28.1 Å². The van der Waals surface area contributed by atoms with Crippen LogP contribution >= 0.6 is 0 Å². The van der Waals surface area contributed by atoms with E-state index in [1.165, 1.54) is 0 Å². The summed E-state index contributed by atoms with van der Waals surface area (Å²) in [6.45, 7) is 2.06. The second kappa shape index (κ2) is 6.75. The number of benzene rings is 2. The molecule has 124 valence electrons. The van der Waals surface area contributed by atoms with Crippen LogP contribution in [0.25, 0.3) is 0 Å². The number of hydrogen-bond acceptors (Lipinski definition) is 5. The van der Waals surface area contributed by atoms with Crippen molar-refractivity contribution in [3.8, 4) is 6.07 Å². The Bertz CT molecular complexity index is 899. The fraction of sp³-hybridized carbons (Fsp3) is 0.211. The Morgan fingerprint density at radius 2 is 2.04 bits per heavy atom. The Balaban J connectivity index is 1.53. The number of nitrogens with zero attached hydrogens (tertiary/aromatic N) is 5. The lowest BCUT2D eigenvalue weighted by atomic mass is 10.1. The lowest BCUT2D eigenvalue weighted by Gasteiger charge is -2.23. The van der Waals surface area contributed by atoms with E-state index in [1.807, 2.05) is 42.6 Å². The molecule has 1 atom stereocenters. The zero-order valence-corrected chi connectivity index (χ0v) is 13.6. The highest BCUT2D eigenvalue weighted by atomic mass is 16.5. The van der Waals surface area contributed by atoms with E-state index in [0.29, 0.717) is 18.7 Å². The highest BCUT2D eigenvalue weighted by molar-refractivity contribution is 5.48. The molecule has 1 aromatic heterocycles. The summed E-state index contributed by atoms with van der Waals surface area (Å²) < 4.78 is 7.65. The Morgan fingerprint density at radius 1 is 1.16 bits per heavy atom. The second-order valence-corrected chi connectivity index (χ2v) is 5.91. The fourth-order valence-electron chi connectivity index (χ4n) is 3.03. The maximum atomic E-state index is 9.01. The first kappa shape index (κ1) is 15.4. The molecule has 6 nitrogen and oxygen atoms in total. The standard InChI is InChI=1S/C19H17N5O/c20-12-15-5-4-6-16(11-15)13-23-14-18(21-22-23)19-24(9-10-25-19)17-7-2-1-3-8-17/h1-8,11,14,19H,9-10,13H2. The smallest absolute Gasteiger partial charge is 0.177 e. The molecule has 3 aromatic rings. The zero-order valence-electron chi connectivity index (χ0n) is 13.6. The first-order valence-electron chi connectivity index (χ1n) is 8.16. The van der Waals surface area contributed by atoms with E-state index in [0.717, 1.165) is 23.5 Å². The van der Waals surface area contributed by atoms with Crippen LogP contribution in [-0.2, 0) is 11.3 Å². The minimum Gasteiger partial charge on any atom is -0.350 e. The average molecular weight is 331 g/mol. The molecule has 6 heteroatoms. The summed E-state index contributed by atoms with van der Waals surface area (Å²) in [5.74, 6) is 0. The van der Waals surface area contributed by atoms with Crippen molar-refractivity contribution in [1.82, 2.24) is 15.0 Å². The topological polar surface area (TPSA) is 67.0 Å². The molecule has 1 saturated heterocycles. The van der Waals surface area contributed by atoms with Crippen molar-refractivity contribution in [3.63, 3.8) is 0 Å². The third kappa shape index (κ3) is 3.23. The normalized spacial score (nSPS) is 16.8. The van der Waals surface area contributed by atoms with Gasteiger partial charge in [0, 0.05) is 12.2 Å². The number of nitriles is 1. The number of rotatable bonds is 4. The molecule has 1 fully saturated rings. The summed E-state index contributed by atoms with van der Waals surface area (Å²) >= 11 is 0. The van der Waals surface area contributed by atoms with Gasteiger partial charge in [0.25, 0.3) is 0 Å². The van der Waals surface area contributed by atoms with Gasteiger partial charge < -0.3 is 9.64 Å². The molecule has 4 rings (SSSR count). The van der Waals surface area contributed by atoms with Gasteiger partial charge in [-0.1, -0.05) is 35.5 Å². The third-order valence-electron chi connectivity index (χ3n) is 4.19. The summed E-state index contributed by atoms with van der Waals surface area (Å²) in [5, 5.41) is 17.5. The molecule has 0 saturated carbocycles. The van der Waals surface area contributed by atoms with Crippen LogP contribution < -0.4 is 4.90 Å². The fourth-order valence-corrected chi connectivity index (χ4v) is 3.03. The van der Waals surface area contributed by atoms with Gasteiger partial charge in [0.1, 0.15) is 5.69 Å². The SMILES string of the molecule is N#Cc1cccc(Cn2cc(C3OCCN3c3ccccc3)nn2)c1. The molecule has 0 bridgehead atoms. The predicted molar refractivity (Wildman–Crippen MR) is 92.8 cm³/mol. The largest absolute Gasteiger partial charge is 0.350 e. The first-order chi connectivity index (χ1) is 12.3. The summed E-state index contributed by atoms with van der Waals surface area (Å²) in [5.41, 5.74) is 3.56. The maximum absolute atomic E-state index is 9.01. The van der Waals surface area contributed by atoms with Crippen LogP contribution in [0, 0.1) is 11.3 Å². The molecule has 0 radical (unpaired) electrons. The molecule has 1 aliphatic heterocycles. The van der Waals surface area contributed by atoms with Gasteiger partial charge in [0.2, 0.25) is 0 Å². The van der Waals surface area contributed by atoms with Gasteiger partial charge in [-0.3, -0.25) is 0 Å². The summed E-state index contributed by atoms with van der Waals surface area (Å²) in [6, 6.07) is 19.8. The number of hydrogen-bond donors (Lipinski definition) is 0. The van der Waals surface area contributed by atoms with Crippen molar-refractivity contribution in [2.24, 2.45) is 0 Å². The van der Waals surface area contributed by atoms with E-state index in [-0.39, 0.29) is 6.23 Å². The van der Waals surface area contributed by atoms with Gasteiger partial charge in [-0.2, -0.15) is 5.26 Å². The molecule has 0 spiro atoms. The Hall–Kier alpha value is -3.17. The molecule has 25 heavy (non-hydrogen) atoms. The van der Waals surface area contributed by atoms with Gasteiger partial charge in [-0.25, -0.2) is 4.68 Å².